The van der Waals surface area contributed by atoms with Crippen LogP contribution in [0.5, 0.6) is 0 Å². The molecule has 0 aromatic carbocycles. The fourth-order valence-corrected chi connectivity index (χ4v) is 3.13. The first kappa shape index (κ1) is 45.0. The van der Waals surface area contributed by atoms with E-state index in [-0.39, 0.29) is 57.6 Å². The number of aldehydes is 1. The number of hydrogen-bond donors (Lipinski definition) is 7. The number of ether oxygens (including phenoxy) is 4. The van der Waals surface area contributed by atoms with Crippen LogP contribution >= 0.6 is 0 Å². The number of amides is 7. The normalized spacial score (nSPS) is 10.5. The first-order valence-corrected chi connectivity index (χ1v) is 15.4. The van der Waals surface area contributed by atoms with Gasteiger partial charge in [0.1, 0.15) is 12.8 Å². The Morgan fingerprint density at radius 3 is 1.40 bits per heavy atom. The molecule has 0 atom stereocenters. The number of nitrogens with one attached hydrogen (secondary N) is 6. The van der Waals surface area contributed by atoms with Crippen molar-refractivity contribution in [3.63, 3.8) is 0 Å². The van der Waals surface area contributed by atoms with Crippen LogP contribution in [0.3, 0.4) is 0 Å². The van der Waals surface area contributed by atoms with Crippen LogP contribution in [0, 0.1) is 0 Å². The standard InChI is InChI=1S/C29H47N7O14/c1-36(28(44)3-2-8-37)7-4-22(38)30-6-10-48-12-14-50-16-15-49-13-11-47-9-5-23(39)31-17-24(40)32-18-25(41)33-19-26(42)34-20-27(43)35-21-29(45)46/h2-3,8H,4-7,9-21H2,1H3,(H,30,38)(H,31,39)(H,32,40)(H,33,41)(H,34,42)(H,35,43)(H,45,46)/b3-2-. The highest BCUT2D eigenvalue weighted by atomic mass is 16.6. The van der Waals surface area contributed by atoms with Gasteiger partial charge in [-0.2, -0.15) is 0 Å². The van der Waals surface area contributed by atoms with Gasteiger partial charge >= 0.3 is 5.97 Å². The average molecular weight is 718 g/mol. The molecular weight excluding hydrogens is 670 g/mol. The van der Waals surface area contributed by atoms with Crippen molar-refractivity contribution in [1.82, 2.24) is 36.8 Å². The molecule has 282 valence electrons. The summed E-state index contributed by atoms with van der Waals surface area (Å²) < 4.78 is 21.4. The van der Waals surface area contributed by atoms with Gasteiger partial charge in [0.2, 0.25) is 41.4 Å². The van der Waals surface area contributed by atoms with Crippen LogP contribution in [0.25, 0.3) is 0 Å². The maximum absolute atomic E-state index is 11.8. The molecule has 7 N–H and O–H groups in total. The molecule has 0 saturated carbocycles. The minimum Gasteiger partial charge on any atom is -0.480 e. The Morgan fingerprint density at radius 1 is 0.540 bits per heavy atom. The highest BCUT2D eigenvalue weighted by Gasteiger charge is 2.11. The van der Waals surface area contributed by atoms with Gasteiger partial charge < -0.3 is 60.9 Å². The zero-order valence-electron chi connectivity index (χ0n) is 28.0. The molecule has 0 radical (unpaired) electrons. The van der Waals surface area contributed by atoms with Crippen LogP contribution in [0.4, 0.5) is 0 Å². The van der Waals surface area contributed by atoms with Gasteiger partial charge in [-0.1, -0.05) is 0 Å². The lowest BCUT2D eigenvalue weighted by Gasteiger charge is -2.14. The van der Waals surface area contributed by atoms with Crippen molar-refractivity contribution in [3.05, 3.63) is 12.2 Å². The van der Waals surface area contributed by atoms with Crippen LogP contribution in [0.15, 0.2) is 12.2 Å². The summed E-state index contributed by atoms with van der Waals surface area (Å²) in [5.74, 6) is -5.05. The van der Waals surface area contributed by atoms with E-state index in [4.69, 9.17) is 24.1 Å². The zero-order valence-corrected chi connectivity index (χ0v) is 28.0. The van der Waals surface area contributed by atoms with Crippen molar-refractivity contribution in [1.29, 1.82) is 0 Å². The lowest BCUT2D eigenvalue weighted by molar-refractivity contribution is -0.138. The van der Waals surface area contributed by atoms with Gasteiger partial charge in [-0.15, -0.1) is 0 Å². The molecule has 0 aromatic rings. The van der Waals surface area contributed by atoms with Crippen LogP contribution < -0.4 is 31.9 Å². The number of hydrogen-bond acceptors (Lipinski definition) is 13. The Morgan fingerprint density at radius 2 is 0.940 bits per heavy atom. The molecule has 0 fully saturated rings. The van der Waals surface area contributed by atoms with Gasteiger partial charge in [0.05, 0.1) is 79.0 Å². The summed E-state index contributed by atoms with van der Waals surface area (Å²) in [6.45, 7) is 0.314. The molecule has 0 heterocycles. The predicted octanol–water partition coefficient (Wildman–Crippen LogP) is -5.17. The largest absolute Gasteiger partial charge is 0.480 e. The predicted molar refractivity (Wildman–Crippen MR) is 171 cm³/mol. The van der Waals surface area contributed by atoms with Crippen molar-refractivity contribution in [2.75, 3.05) is 106 Å². The topological polar surface area (TPSA) is 286 Å². The van der Waals surface area contributed by atoms with Gasteiger partial charge in [0.25, 0.3) is 0 Å². The van der Waals surface area contributed by atoms with E-state index in [0.29, 0.717) is 45.9 Å². The summed E-state index contributed by atoms with van der Waals surface area (Å²) in [6.07, 6.45) is 2.82. The van der Waals surface area contributed by atoms with Crippen molar-refractivity contribution in [2.24, 2.45) is 0 Å². The molecule has 0 spiro atoms. The van der Waals surface area contributed by atoms with Crippen molar-refractivity contribution in [3.8, 4) is 0 Å². The van der Waals surface area contributed by atoms with E-state index in [1.807, 2.05) is 5.32 Å². The molecule has 0 aliphatic rings. The van der Waals surface area contributed by atoms with E-state index in [2.05, 4.69) is 26.6 Å². The molecule has 0 bridgehead atoms. The number of carboxylic acids is 1. The van der Waals surface area contributed by atoms with Crippen molar-refractivity contribution >= 4 is 53.6 Å². The number of likely N-dealkylation sites (N-methyl/N-ethyl adjacent to an activating group) is 1. The summed E-state index contributed by atoms with van der Waals surface area (Å²) in [5.41, 5.74) is 0. The molecule has 0 saturated heterocycles. The van der Waals surface area contributed by atoms with Crippen molar-refractivity contribution < 1.29 is 67.2 Å². The lowest BCUT2D eigenvalue weighted by Crippen LogP contribution is -2.46. The molecule has 0 unspecified atom stereocenters. The number of rotatable bonds is 30. The monoisotopic (exact) mass is 717 g/mol. The van der Waals surface area contributed by atoms with E-state index in [9.17, 15) is 43.2 Å². The number of aliphatic carboxylic acids is 1. The molecule has 21 heteroatoms. The first-order valence-electron chi connectivity index (χ1n) is 15.4. The minimum absolute atomic E-state index is 0.0103. The molecule has 0 rings (SSSR count). The Kier molecular flexibility index (Phi) is 27.1. The third-order valence-electron chi connectivity index (χ3n) is 5.75. The molecule has 7 amide bonds. The molecule has 0 aliphatic heterocycles. The summed E-state index contributed by atoms with van der Waals surface area (Å²) >= 11 is 0. The van der Waals surface area contributed by atoms with Crippen LogP contribution in [0.1, 0.15) is 12.8 Å². The minimum atomic E-state index is -1.24. The highest BCUT2D eigenvalue weighted by Crippen LogP contribution is 1.91. The van der Waals surface area contributed by atoms with Crippen molar-refractivity contribution in [2.45, 2.75) is 12.8 Å². The fourth-order valence-electron chi connectivity index (χ4n) is 3.13. The second-order valence-electron chi connectivity index (χ2n) is 9.83. The zero-order chi connectivity index (χ0) is 37.4. The van der Waals surface area contributed by atoms with E-state index in [0.717, 1.165) is 12.2 Å². The summed E-state index contributed by atoms with van der Waals surface area (Å²) in [5, 5.41) is 22.2. The van der Waals surface area contributed by atoms with Gasteiger partial charge in [-0.25, -0.2) is 0 Å². The average Bonchev–Trinajstić information content (AvgIpc) is 3.09. The SMILES string of the molecule is CN(CCC(=O)NCCOCCOCCOCCOCCC(=O)NCC(=O)NCC(=O)NCC(=O)NCC(=O)NCC(=O)O)C(=O)/C=C\C=O. The van der Waals surface area contributed by atoms with E-state index >= 15 is 0 Å². The van der Waals surface area contributed by atoms with E-state index in [1.54, 1.807) is 0 Å². The second kappa shape index (κ2) is 30.1. The highest BCUT2D eigenvalue weighted by molar-refractivity contribution is 5.92. The number of allylic oxidation sites excluding steroid dienone is 1. The van der Waals surface area contributed by atoms with Gasteiger partial charge in [-0.05, 0) is 6.08 Å². The number of carbonyl (C=O) groups excluding carboxylic acids is 8. The Bertz CT molecular complexity index is 1140. The third-order valence-corrected chi connectivity index (χ3v) is 5.75. The molecule has 50 heavy (non-hydrogen) atoms. The van der Waals surface area contributed by atoms with Crippen LogP contribution in [-0.2, 0) is 62.1 Å². The smallest absolute Gasteiger partial charge is 0.322 e. The van der Waals surface area contributed by atoms with E-state index in [1.165, 1.54) is 11.9 Å². The van der Waals surface area contributed by atoms with Gasteiger partial charge in [0, 0.05) is 39.1 Å². The first-order chi connectivity index (χ1) is 23.9. The molecular formula is C29H47N7O14. The second-order valence-corrected chi connectivity index (χ2v) is 9.83. The number of carboxylic acid groups (broad SMARTS) is 1. The quantitative estimate of drug-likeness (QED) is 0.0208. The summed E-state index contributed by atoms with van der Waals surface area (Å²) in [4.78, 5) is 104. The lowest BCUT2D eigenvalue weighted by atomic mass is 10.3. The van der Waals surface area contributed by atoms with E-state index < -0.39 is 61.7 Å². The van der Waals surface area contributed by atoms with Gasteiger partial charge in [-0.3, -0.25) is 43.2 Å². The Hall–Kier alpha value is -4.99. The van der Waals surface area contributed by atoms with Crippen LogP contribution in [-0.4, -0.2) is 169 Å². The summed E-state index contributed by atoms with van der Waals surface area (Å²) in [7, 11) is 1.53. The Balaban J connectivity index is 3.59. The fraction of sp³-hybridized carbons (Fsp3) is 0.621. The molecule has 21 nitrogen and oxygen atoms in total. The Labute approximate surface area is 288 Å². The molecule has 0 aliphatic carbocycles. The summed E-state index contributed by atoms with van der Waals surface area (Å²) in [6, 6.07) is 0. The molecule has 0 aromatic heterocycles. The maximum atomic E-state index is 11.8. The number of carbonyl (C=O) groups is 9. The maximum Gasteiger partial charge on any atom is 0.322 e. The van der Waals surface area contributed by atoms with Crippen LogP contribution in [0.2, 0.25) is 0 Å². The third kappa shape index (κ3) is 29.2. The number of nitrogens with zero attached hydrogens (tertiary/aromatic N) is 1. The van der Waals surface area contributed by atoms with Gasteiger partial charge in [0.15, 0.2) is 0 Å².